The van der Waals surface area contributed by atoms with Crippen molar-refractivity contribution in [2.24, 2.45) is 0 Å². The second-order valence-corrected chi connectivity index (χ2v) is 6.80. The van der Waals surface area contributed by atoms with E-state index in [4.69, 9.17) is 0 Å². The first kappa shape index (κ1) is 17.5. The lowest BCUT2D eigenvalue weighted by Crippen LogP contribution is -2.46. The van der Waals surface area contributed by atoms with E-state index in [1.807, 2.05) is 42.3 Å². The Balaban J connectivity index is 1.40. The molecule has 2 aromatic rings. The first-order valence-electron chi connectivity index (χ1n) is 9.02. The molecule has 4 heteroatoms. The SMILES string of the molecule is CN(CC(=O)NC1CCN(Cc2ccccc2)CC1)c1ccccc1. The Labute approximate surface area is 150 Å². The quantitative estimate of drug-likeness (QED) is 0.880. The van der Waals surface area contributed by atoms with Crippen LogP contribution in [0.2, 0.25) is 0 Å². The maximum atomic E-state index is 12.3. The van der Waals surface area contributed by atoms with Gasteiger partial charge in [0.05, 0.1) is 6.54 Å². The van der Waals surface area contributed by atoms with E-state index in [0.29, 0.717) is 12.6 Å². The van der Waals surface area contributed by atoms with Crippen LogP contribution in [-0.4, -0.2) is 43.5 Å². The van der Waals surface area contributed by atoms with Crippen LogP contribution in [0.1, 0.15) is 18.4 Å². The van der Waals surface area contributed by atoms with Gasteiger partial charge in [-0.05, 0) is 30.5 Å². The smallest absolute Gasteiger partial charge is 0.239 e. The number of carbonyl (C=O) groups is 1. The molecule has 132 valence electrons. The molecule has 1 amide bonds. The Hall–Kier alpha value is -2.33. The lowest BCUT2D eigenvalue weighted by atomic mass is 10.0. The number of likely N-dealkylation sites (tertiary alicyclic amines) is 1. The summed E-state index contributed by atoms with van der Waals surface area (Å²) in [5.41, 5.74) is 2.42. The molecule has 1 heterocycles. The Morgan fingerprint density at radius 3 is 2.28 bits per heavy atom. The van der Waals surface area contributed by atoms with Gasteiger partial charge in [-0.3, -0.25) is 9.69 Å². The summed E-state index contributed by atoms with van der Waals surface area (Å²) in [5, 5.41) is 3.20. The Kier molecular flexibility index (Phi) is 6.07. The van der Waals surface area contributed by atoms with E-state index in [0.717, 1.165) is 38.2 Å². The summed E-state index contributed by atoms with van der Waals surface area (Å²) in [6, 6.07) is 20.9. The van der Waals surface area contributed by atoms with Crippen LogP contribution in [0.3, 0.4) is 0 Å². The van der Waals surface area contributed by atoms with Crippen molar-refractivity contribution in [3.63, 3.8) is 0 Å². The minimum absolute atomic E-state index is 0.105. The molecule has 0 saturated carbocycles. The summed E-state index contributed by atoms with van der Waals surface area (Å²) in [5.74, 6) is 0.105. The third kappa shape index (κ3) is 5.33. The average Bonchev–Trinajstić information content (AvgIpc) is 2.65. The predicted molar refractivity (Wildman–Crippen MR) is 103 cm³/mol. The van der Waals surface area contributed by atoms with Crippen molar-refractivity contribution >= 4 is 11.6 Å². The number of rotatable bonds is 6. The summed E-state index contributed by atoms with van der Waals surface area (Å²) >= 11 is 0. The van der Waals surface area contributed by atoms with Gasteiger partial charge in [0.25, 0.3) is 0 Å². The molecule has 25 heavy (non-hydrogen) atoms. The fourth-order valence-corrected chi connectivity index (χ4v) is 3.34. The number of carbonyl (C=O) groups excluding carboxylic acids is 1. The summed E-state index contributed by atoms with van der Waals surface area (Å²) in [6.45, 7) is 3.47. The van der Waals surface area contributed by atoms with Gasteiger partial charge in [0.15, 0.2) is 0 Å². The number of nitrogens with one attached hydrogen (secondary N) is 1. The van der Waals surface area contributed by atoms with Crippen molar-refractivity contribution in [1.29, 1.82) is 0 Å². The Morgan fingerprint density at radius 1 is 1.04 bits per heavy atom. The van der Waals surface area contributed by atoms with Crippen LogP contribution in [0.4, 0.5) is 5.69 Å². The second-order valence-electron chi connectivity index (χ2n) is 6.80. The molecule has 1 aliphatic rings. The number of anilines is 1. The van der Waals surface area contributed by atoms with Crippen LogP contribution in [0.5, 0.6) is 0 Å². The van der Waals surface area contributed by atoms with Crippen LogP contribution in [0.15, 0.2) is 60.7 Å². The molecular formula is C21H27N3O. The largest absolute Gasteiger partial charge is 0.365 e. The number of likely N-dealkylation sites (N-methyl/N-ethyl adjacent to an activating group) is 1. The molecule has 0 bridgehead atoms. The van der Waals surface area contributed by atoms with Crippen molar-refractivity contribution in [3.05, 3.63) is 66.2 Å². The van der Waals surface area contributed by atoms with Gasteiger partial charge in [0, 0.05) is 38.4 Å². The van der Waals surface area contributed by atoms with Crippen molar-refractivity contribution in [1.82, 2.24) is 10.2 Å². The van der Waals surface area contributed by atoms with Gasteiger partial charge in [0.1, 0.15) is 0 Å². The molecule has 1 fully saturated rings. The average molecular weight is 337 g/mol. The fraction of sp³-hybridized carbons (Fsp3) is 0.381. The molecular weight excluding hydrogens is 310 g/mol. The van der Waals surface area contributed by atoms with Gasteiger partial charge in [0.2, 0.25) is 5.91 Å². The number of piperidine rings is 1. The van der Waals surface area contributed by atoms with Crippen LogP contribution in [-0.2, 0) is 11.3 Å². The first-order chi connectivity index (χ1) is 12.2. The molecule has 1 saturated heterocycles. The zero-order chi connectivity index (χ0) is 17.5. The van der Waals surface area contributed by atoms with Crippen molar-refractivity contribution in [2.45, 2.75) is 25.4 Å². The minimum Gasteiger partial charge on any atom is -0.365 e. The van der Waals surface area contributed by atoms with Gasteiger partial charge in [-0.25, -0.2) is 0 Å². The molecule has 4 nitrogen and oxygen atoms in total. The van der Waals surface area contributed by atoms with Crippen molar-refractivity contribution in [2.75, 3.05) is 31.6 Å². The van der Waals surface area contributed by atoms with Crippen LogP contribution >= 0.6 is 0 Å². The zero-order valence-electron chi connectivity index (χ0n) is 14.9. The molecule has 0 aliphatic carbocycles. The molecule has 0 spiro atoms. The van der Waals surface area contributed by atoms with Gasteiger partial charge in [-0.2, -0.15) is 0 Å². The third-order valence-electron chi connectivity index (χ3n) is 4.78. The van der Waals surface area contributed by atoms with Gasteiger partial charge in [-0.15, -0.1) is 0 Å². The Morgan fingerprint density at radius 2 is 1.64 bits per heavy atom. The number of nitrogens with zero attached hydrogens (tertiary/aromatic N) is 2. The lowest BCUT2D eigenvalue weighted by molar-refractivity contribution is -0.120. The van der Waals surface area contributed by atoms with E-state index in [-0.39, 0.29) is 5.91 Å². The van der Waals surface area contributed by atoms with Gasteiger partial charge < -0.3 is 10.2 Å². The Bertz CT molecular complexity index is 651. The third-order valence-corrected chi connectivity index (χ3v) is 4.78. The topological polar surface area (TPSA) is 35.6 Å². The van der Waals surface area contributed by atoms with E-state index < -0.39 is 0 Å². The molecule has 1 aliphatic heterocycles. The maximum absolute atomic E-state index is 12.3. The number of hydrogen-bond donors (Lipinski definition) is 1. The standard InChI is InChI=1S/C21H27N3O/c1-23(20-10-6-3-7-11-20)17-21(25)22-19-12-14-24(15-13-19)16-18-8-4-2-5-9-18/h2-11,19H,12-17H2,1H3,(H,22,25). The number of para-hydroxylation sites is 1. The predicted octanol–water partition coefficient (Wildman–Crippen LogP) is 2.90. The number of hydrogen-bond acceptors (Lipinski definition) is 3. The van der Waals surface area contributed by atoms with E-state index in [9.17, 15) is 4.79 Å². The van der Waals surface area contributed by atoms with Crippen LogP contribution in [0, 0.1) is 0 Å². The lowest BCUT2D eigenvalue weighted by Gasteiger charge is -2.32. The molecule has 2 aromatic carbocycles. The van der Waals surface area contributed by atoms with Crippen LogP contribution < -0.4 is 10.2 Å². The van der Waals surface area contributed by atoms with E-state index in [1.165, 1.54) is 5.56 Å². The molecule has 3 rings (SSSR count). The monoisotopic (exact) mass is 337 g/mol. The van der Waals surface area contributed by atoms with E-state index in [2.05, 4.69) is 40.5 Å². The molecule has 0 aromatic heterocycles. The maximum Gasteiger partial charge on any atom is 0.239 e. The molecule has 0 unspecified atom stereocenters. The minimum atomic E-state index is 0.105. The normalized spacial score (nSPS) is 15.7. The number of amides is 1. The van der Waals surface area contributed by atoms with E-state index in [1.54, 1.807) is 0 Å². The highest BCUT2D eigenvalue weighted by atomic mass is 16.2. The molecule has 0 atom stereocenters. The van der Waals surface area contributed by atoms with E-state index >= 15 is 0 Å². The van der Waals surface area contributed by atoms with Gasteiger partial charge >= 0.3 is 0 Å². The van der Waals surface area contributed by atoms with Crippen LogP contribution in [0.25, 0.3) is 0 Å². The highest BCUT2D eigenvalue weighted by Crippen LogP contribution is 2.14. The summed E-state index contributed by atoms with van der Waals surface area (Å²) in [6.07, 6.45) is 2.04. The molecule has 1 N–H and O–H groups in total. The highest BCUT2D eigenvalue weighted by Gasteiger charge is 2.21. The second kappa shape index (κ2) is 8.67. The van der Waals surface area contributed by atoms with Gasteiger partial charge in [-0.1, -0.05) is 48.5 Å². The highest BCUT2D eigenvalue weighted by molar-refractivity contribution is 5.81. The summed E-state index contributed by atoms with van der Waals surface area (Å²) < 4.78 is 0. The zero-order valence-corrected chi connectivity index (χ0v) is 14.9. The molecule has 0 radical (unpaired) electrons. The van der Waals surface area contributed by atoms with Crippen molar-refractivity contribution in [3.8, 4) is 0 Å². The first-order valence-corrected chi connectivity index (χ1v) is 9.02. The summed E-state index contributed by atoms with van der Waals surface area (Å²) in [4.78, 5) is 16.8. The van der Waals surface area contributed by atoms with Crippen molar-refractivity contribution < 1.29 is 4.79 Å². The number of benzene rings is 2. The summed E-state index contributed by atoms with van der Waals surface area (Å²) in [7, 11) is 1.96. The fourth-order valence-electron chi connectivity index (χ4n) is 3.34.